The Labute approximate surface area is 84.8 Å². The molecule has 1 saturated carbocycles. The van der Waals surface area contributed by atoms with Crippen LogP contribution in [0.2, 0.25) is 0 Å². The largest absolute Gasteiger partial charge is 0.466 e. The van der Waals surface area contributed by atoms with Crippen LogP contribution in [0.5, 0.6) is 0 Å². The summed E-state index contributed by atoms with van der Waals surface area (Å²) in [6.07, 6.45) is 4.91. The summed E-state index contributed by atoms with van der Waals surface area (Å²) in [5.74, 6) is -0.159. The highest BCUT2D eigenvalue weighted by Gasteiger charge is 2.23. The Morgan fingerprint density at radius 2 is 2.21 bits per heavy atom. The third kappa shape index (κ3) is 3.48. The standard InChI is InChI=1S/C11H18O3/c1-2-14-11(13)9-6-4-3-5-7-10(12)8-9/h9H,2-8H2,1H3. The zero-order valence-corrected chi connectivity index (χ0v) is 8.75. The molecule has 14 heavy (non-hydrogen) atoms. The molecule has 1 aliphatic carbocycles. The van der Waals surface area contributed by atoms with Gasteiger partial charge in [0.2, 0.25) is 0 Å². The van der Waals surface area contributed by atoms with Crippen LogP contribution in [0, 0.1) is 5.92 Å². The smallest absolute Gasteiger partial charge is 0.309 e. The van der Waals surface area contributed by atoms with Crippen molar-refractivity contribution >= 4 is 11.8 Å². The van der Waals surface area contributed by atoms with E-state index in [2.05, 4.69) is 0 Å². The lowest BCUT2D eigenvalue weighted by Crippen LogP contribution is -2.22. The first kappa shape index (κ1) is 11.2. The van der Waals surface area contributed by atoms with Crippen LogP contribution >= 0.6 is 0 Å². The van der Waals surface area contributed by atoms with Crippen LogP contribution in [-0.4, -0.2) is 18.4 Å². The lowest BCUT2D eigenvalue weighted by Gasteiger charge is -2.17. The number of ether oxygens (including phenoxy) is 1. The van der Waals surface area contributed by atoms with E-state index in [-0.39, 0.29) is 17.7 Å². The molecule has 1 aliphatic rings. The maximum Gasteiger partial charge on any atom is 0.309 e. The van der Waals surface area contributed by atoms with Crippen molar-refractivity contribution in [2.75, 3.05) is 6.61 Å². The molecule has 0 aromatic carbocycles. The highest BCUT2D eigenvalue weighted by molar-refractivity contribution is 5.84. The summed E-state index contributed by atoms with van der Waals surface area (Å²) in [4.78, 5) is 22.8. The van der Waals surface area contributed by atoms with Gasteiger partial charge in [-0.05, 0) is 19.8 Å². The first-order valence-corrected chi connectivity index (χ1v) is 5.42. The predicted molar refractivity (Wildman–Crippen MR) is 52.8 cm³/mol. The third-order valence-electron chi connectivity index (χ3n) is 2.60. The number of rotatable bonds is 2. The van der Waals surface area contributed by atoms with Gasteiger partial charge in [-0.15, -0.1) is 0 Å². The van der Waals surface area contributed by atoms with Gasteiger partial charge in [0.05, 0.1) is 12.5 Å². The molecule has 1 unspecified atom stereocenters. The molecule has 3 heteroatoms. The Morgan fingerprint density at radius 1 is 1.43 bits per heavy atom. The van der Waals surface area contributed by atoms with Gasteiger partial charge in [0.15, 0.2) is 0 Å². The van der Waals surface area contributed by atoms with Gasteiger partial charge in [-0.25, -0.2) is 0 Å². The minimum Gasteiger partial charge on any atom is -0.466 e. The van der Waals surface area contributed by atoms with E-state index in [1.165, 1.54) is 0 Å². The molecular weight excluding hydrogens is 180 g/mol. The molecule has 0 spiro atoms. The van der Waals surface area contributed by atoms with Crippen LogP contribution in [0.15, 0.2) is 0 Å². The van der Waals surface area contributed by atoms with Crippen molar-refractivity contribution in [1.29, 1.82) is 0 Å². The Bertz CT molecular complexity index is 211. The number of carbonyl (C=O) groups is 2. The summed E-state index contributed by atoms with van der Waals surface area (Å²) in [6, 6.07) is 0. The van der Waals surface area contributed by atoms with E-state index in [9.17, 15) is 9.59 Å². The molecular formula is C11H18O3. The summed E-state index contributed by atoms with van der Waals surface area (Å²) in [7, 11) is 0. The van der Waals surface area contributed by atoms with Gasteiger partial charge in [0, 0.05) is 12.8 Å². The fraction of sp³-hybridized carbons (Fsp3) is 0.818. The maximum atomic E-state index is 11.4. The van der Waals surface area contributed by atoms with Crippen molar-refractivity contribution in [2.24, 2.45) is 5.92 Å². The van der Waals surface area contributed by atoms with Crippen LogP contribution in [0.4, 0.5) is 0 Å². The average Bonchev–Trinajstić information content (AvgIpc) is 2.11. The minimum atomic E-state index is -0.192. The van der Waals surface area contributed by atoms with Crippen molar-refractivity contribution in [2.45, 2.75) is 45.4 Å². The van der Waals surface area contributed by atoms with Gasteiger partial charge in [-0.2, -0.15) is 0 Å². The second-order valence-electron chi connectivity index (χ2n) is 3.79. The molecule has 1 fully saturated rings. The second-order valence-corrected chi connectivity index (χ2v) is 3.79. The summed E-state index contributed by atoms with van der Waals surface area (Å²) in [5.41, 5.74) is 0. The van der Waals surface area contributed by atoms with E-state index in [4.69, 9.17) is 4.74 Å². The van der Waals surface area contributed by atoms with Crippen molar-refractivity contribution < 1.29 is 14.3 Å². The lowest BCUT2D eigenvalue weighted by atomic mass is 9.90. The van der Waals surface area contributed by atoms with Gasteiger partial charge < -0.3 is 4.74 Å². The highest BCUT2D eigenvalue weighted by Crippen LogP contribution is 2.21. The molecule has 0 N–H and O–H groups in total. The minimum absolute atomic E-state index is 0.178. The maximum absolute atomic E-state index is 11.4. The first-order valence-electron chi connectivity index (χ1n) is 5.42. The second kappa shape index (κ2) is 5.78. The summed E-state index contributed by atoms with van der Waals surface area (Å²) >= 11 is 0. The van der Waals surface area contributed by atoms with Crippen LogP contribution in [0.1, 0.15) is 45.4 Å². The van der Waals surface area contributed by atoms with Crippen LogP contribution in [0.25, 0.3) is 0 Å². The summed E-state index contributed by atoms with van der Waals surface area (Å²) < 4.78 is 4.93. The van der Waals surface area contributed by atoms with E-state index >= 15 is 0 Å². The van der Waals surface area contributed by atoms with Gasteiger partial charge in [-0.1, -0.05) is 12.8 Å². The van der Waals surface area contributed by atoms with Crippen molar-refractivity contribution in [3.8, 4) is 0 Å². The molecule has 0 saturated heterocycles. The van der Waals surface area contributed by atoms with Crippen molar-refractivity contribution in [1.82, 2.24) is 0 Å². The van der Waals surface area contributed by atoms with Crippen molar-refractivity contribution in [3.05, 3.63) is 0 Å². The fourth-order valence-corrected chi connectivity index (χ4v) is 1.83. The fourth-order valence-electron chi connectivity index (χ4n) is 1.83. The highest BCUT2D eigenvalue weighted by atomic mass is 16.5. The number of carbonyl (C=O) groups excluding carboxylic acids is 2. The number of hydrogen-bond acceptors (Lipinski definition) is 3. The SMILES string of the molecule is CCOC(=O)C1CCCCCC(=O)C1. The van der Waals surface area contributed by atoms with Crippen LogP contribution < -0.4 is 0 Å². The van der Waals surface area contributed by atoms with Gasteiger partial charge in [-0.3, -0.25) is 9.59 Å². The molecule has 1 rings (SSSR count). The molecule has 3 nitrogen and oxygen atoms in total. The van der Waals surface area contributed by atoms with E-state index in [0.717, 1.165) is 25.7 Å². The topological polar surface area (TPSA) is 43.4 Å². The molecule has 0 aromatic rings. The summed E-state index contributed by atoms with van der Waals surface area (Å²) in [6.45, 7) is 2.20. The Morgan fingerprint density at radius 3 is 2.93 bits per heavy atom. The van der Waals surface area contributed by atoms with Crippen LogP contribution in [-0.2, 0) is 14.3 Å². The summed E-state index contributed by atoms with van der Waals surface area (Å²) in [5, 5.41) is 0. The van der Waals surface area contributed by atoms with Crippen LogP contribution in [0.3, 0.4) is 0 Å². The Kier molecular flexibility index (Phi) is 4.63. The number of esters is 1. The molecule has 0 aliphatic heterocycles. The molecule has 0 amide bonds. The molecule has 80 valence electrons. The van der Waals surface area contributed by atoms with E-state index < -0.39 is 0 Å². The van der Waals surface area contributed by atoms with E-state index in [1.54, 1.807) is 6.92 Å². The first-order chi connectivity index (χ1) is 6.74. The third-order valence-corrected chi connectivity index (χ3v) is 2.60. The monoisotopic (exact) mass is 198 g/mol. The Balaban J connectivity index is 2.47. The molecule has 0 bridgehead atoms. The average molecular weight is 198 g/mol. The normalized spacial score (nSPS) is 23.8. The van der Waals surface area contributed by atoms with Crippen molar-refractivity contribution in [3.63, 3.8) is 0 Å². The Hall–Kier alpha value is -0.860. The van der Waals surface area contributed by atoms with Gasteiger partial charge in [0.25, 0.3) is 0 Å². The lowest BCUT2D eigenvalue weighted by molar-refractivity contribution is -0.150. The van der Waals surface area contributed by atoms with E-state index in [1.807, 2.05) is 0 Å². The van der Waals surface area contributed by atoms with Gasteiger partial charge >= 0.3 is 5.97 Å². The predicted octanol–water partition coefficient (Wildman–Crippen LogP) is 2.09. The molecule has 0 heterocycles. The molecule has 0 aromatic heterocycles. The zero-order chi connectivity index (χ0) is 10.4. The number of Topliss-reactive ketones (excluding diaryl/α,β-unsaturated/α-hetero) is 1. The van der Waals surface area contributed by atoms with E-state index in [0.29, 0.717) is 19.4 Å². The molecule has 1 atom stereocenters. The quantitative estimate of drug-likeness (QED) is 0.638. The molecule has 0 radical (unpaired) electrons. The van der Waals surface area contributed by atoms with Gasteiger partial charge in [0.1, 0.15) is 5.78 Å². The number of hydrogen-bond donors (Lipinski definition) is 0. The number of ketones is 1. The zero-order valence-electron chi connectivity index (χ0n) is 8.75.